The zero-order chi connectivity index (χ0) is 12.1. The Morgan fingerprint density at radius 2 is 2.19 bits per heavy atom. The second-order valence-electron chi connectivity index (χ2n) is 3.72. The molecule has 2 N–H and O–H groups in total. The molecule has 1 rings (SSSR count). The van der Waals surface area contributed by atoms with Gasteiger partial charge in [-0.15, -0.1) is 0 Å². The molecule has 0 radical (unpaired) electrons. The molecule has 2 atom stereocenters. The predicted molar refractivity (Wildman–Crippen MR) is 59.0 cm³/mol. The second kappa shape index (κ2) is 5.38. The van der Waals surface area contributed by atoms with E-state index in [1.807, 2.05) is 6.07 Å². The lowest BCUT2D eigenvalue weighted by Gasteiger charge is -2.17. The summed E-state index contributed by atoms with van der Waals surface area (Å²) in [7, 11) is 1.46. The van der Waals surface area contributed by atoms with Gasteiger partial charge >= 0.3 is 0 Å². The standard InChI is InChI=1S/C12H15NO3/c1-8(5-6-13)12(15)9-3-4-11(16-2)10(14)7-9/h3-4,7-8,12,14-15H,5H2,1-2H3. The first kappa shape index (κ1) is 12.3. The SMILES string of the molecule is COc1ccc(C(O)C(C)CC#N)cc1O. The normalized spacial score (nSPS) is 13.9. The maximum Gasteiger partial charge on any atom is 0.160 e. The van der Waals surface area contributed by atoms with Crippen molar-refractivity contribution in [1.29, 1.82) is 5.26 Å². The van der Waals surface area contributed by atoms with Gasteiger partial charge in [0.1, 0.15) is 0 Å². The number of hydrogen-bond donors (Lipinski definition) is 2. The van der Waals surface area contributed by atoms with Crippen LogP contribution in [-0.2, 0) is 0 Å². The Labute approximate surface area is 94.7 Å². The molecular weight excluding hydrogens is 206 g/mol. The van der Waals surface area contributed by atoms with Crippen molar-refractivity contribution in [3.05, 3.63) is 23.8 Å². The van der Waals surface area contributed by atoms with E-state index in [1.165, 1.54) is 13.2 Å². The number of ether oxygens (including phenoxy) is 1. The highest BCUT2D eigenvalue weighted by Gasteiger charge is 2.17. The van der Waals surface area contributed by atoms with E-state index >= 15 is 0 Å². The van der Waals surface area contributed by atoms with Crippen LogP contribution < -0.4 is 4.74 Å². The number of benzene rings is 1. The molecule has 0 saturated heterocycles. The van der Waals surface area contributed by atoms with Crippen LogP contribution in [0, 0.1) is 17.2 Å². The lowest BCUT2D eigenvalue weighted by Crippen LogP contribution is -2.08. The van der Waals surface area contributed by atoms with Crippen LogP contribution in [0.15, 0.2) is 18.2 Å². The second-order valence-corrected chi connectivity index (χ2v) is 3.72. The van der Waals surface area contributed by atoms with Crippen LogP contribution in [0.3, 0.4) is 0 Å². The molecule has 0 bridgehead atoms. The molecule has 4 nitrogen and oxygen atoms in total. The molecule has 0 spiro atoms. The molecule has 0 aliphatic carbocycles. The van der Waals surface area contributed by atoms with Crippen molar-refractivity contribution in [2.75, 3.05) is 7.11 Å². The first-order chi connectivity index (χ1) is 7.60. The fraction of sp³-hybridized carbons (Fsp3) is 0.417. The number of rotatable bonds is 4. The molecule has 2 unspecified atom stereocenters. The minimum atomic E-state index is -0.753. The number of methoxy groups -OCH3 is 1. The van der Waals surface area contributed by atoms with Crippen molar-refractivity contribution in [1.82, 2.24) is 0 Å². The van der Waals surface area contributed by atoms with Crippen LogP contribution in [0.5, 0.6) is 11.5 Å². The van der Waals surface area contributed by atoms with Crippen molar-refractivity contribution in [3.8, 4) is 17.6 Å². The van der Waals surface area contributed by atoms with Crippen molar-refractivity contribution in [2.45, 2.75) is 19.4 Å². The molecule has 1 aromatic rings. The molecule has 0 aliphatic rings. The van der Waals surface area contributed by atoms with E-state index < -0.39 is 6.10 Å². The maximum atomic E-state index is 9.91. The Morgan fingerprint density at radius 1 is 1.50 bits per heavy atom. The van der Waals surface area contributed by atoms with E-state index in [0.29, 0.717) is 11.3 Å². The topological polar surface area (TPSA) is 73.5 Å². The van der Waals surface area contributed by atoms with E-state index in [2.05, 4.69) is 0 Å². The highest BCUT2D eigenvalue weighted by Crippen LogP contribution is 2.31. The molecule has 0 saturated carbocycles. The van der Waals surface area contributed by atoms with E-state index in [1.54, 1.807) is 19.1 Å². The first-order valence-corrected chi connectivity index (χ1v) is 5.02. The van der Waals surface area contributed by atoms with Crippen LogP contribution in [0.4, 0.5) is 0 Å². The van der Waals surface area contributed by atoms with Crippen molar-refractivity contribution >= 4 is 0 Å². The van der Waals surface area contributed by atoms with Crippen molar-refractivity contribution < 1.29 is 14.9 Å². The van der Waals surface area contributed by atoms with E-state index in [0.717, 1.165) is 0 Å². The molecule has 0 heterocycles. The monoisotopic (exact) mass is 221 g/mol. The number of aromatic hydroxyl groups is 1. The van der Waals surface area contributed by atoms with E-state index in [9.17, 15) is 10.2 Å². The Kier molecular flexibility index (Phi) is 4.15. The van der Waals surface area contributed by atoms with Crippen LogP contribution in [-0.4, -0.2) is 17.3 Å². The number of nitriles is 1. The van der Waals surface area contributed by atoms with Gasteiger partial charge in [-0.2, -0.15) is 5.26 Å². The smallest absolute Gasteiger partial charge is 0.160 e. The van der Waals surface area contributed by atoms with Crippen molar-refractivity contribution in [2.24, 2.45) is 5.92 Å². The third kappa shape index (κ3) is 2.65. The summed E-state index contributed by atoms with van der Waals surface area (Å²) >= 11 is 0. The number of aliphatic hydroxyl groups is 1. The summed E-state index contributed by atoms with van der Waals surface area (Å²) < 4.78 is 4.90. The largest absolute Gasteiger partial charge is 0.504 e. The third-order valence-corrected chi connectivity index (χ3v) is 2.50. The van der Waals surface area contributed by atoms with Gasteiger partial charge in [0.05, 0.1) is 19.3 Å². The molecule has 0 fully saturated rings. The zero-order valence-corrected chi connectivity index (χ0v) is 9.34. The fourth-order valence-corrected chi connectivity index (χ4v) is 1.48. The average molecular weight is 221 g/mol. The summed E-state index contributed by atoms with van der Waals surface area (Å²) in [5.74, 6) is 0.185. The molecule has 4 heteroatoms. The Bertz CT molecular complexity index is 398. The summed E-state index contributed by atoms with van der Waals surface area (Å²) in [4.78, 5) is 0. The van der Waals surface area contributed by atoms with Crippen LogP contribution >= 0.6 is 0 Å². The maximum absolute atomic E-state index is 9.91. The van der Waals surface area contributed by atoms with Gasteiger partial charge in [0.25, 0.3) is 0 Å². The minimum absolute atomic E-state index is 0.0109. The number of hydrogen-bond acceptors (Lipinski definition) is 4. The zero-order valence-electron chi connectivity index (χ0n) is 9.34. The summed E-state index contributed by atoms with van der Waals surface area (Å²) in [6, 6.07) is 6.73. The minimum Gasteiger partial charge on any atom is -0.504 e. The first-order valence-electron chi connectivity index (χ1n) is 5.02. The van der Waals surface area contributed by atoms with Gasteiger partial charge in [0, 0.05) is 6.42 Å². The molecular formula is C12H15NO3. The van der Waals surface area contributed by atoms with Crippen molar-refractivity contribution in [3.63, 3.8) is 0 Å². The Morgan fingerprint density at radius 3 is 2.69 bits per heavy atom. The van der Waals surface area contributed by atoms with Gasteiger partial charge < -0.3 is 14.9 Å². The highest BCUT2D eigenvalue weighted by atomic mass is 16.5. The number of nitrogens with zero attached hydrogens (tertiary/aromatic N) is 1. The molecule has 0 amide bonds. The Hall–Kier alpha value is -1.73. The van der Waals surface area contributed by atoms with Crippen LogP contribution in [0.25, 0.3) is 0 Å². The predicted octanol–water partition coefficient (Wildman–Crippen LogP) is 1.98. The summed E-state index contributed by atoms with van der Waals surface area (Å²) in [5.41, 5.74) is 0.584. The molecule has 0 aromatic heterocycles. The average Bonchev–Trinajstić information content (AvgIpc) is 2.28. The Balaban J connectivity index is 2.89. The molecule has 1 aromatic carbocycles. The summed E-state index contributed by atoms with van der Waals surface area (Å²) in [6.07, 6.45) is -0.481. The van der Waals surface area contributed by atoms with E-state index in [4.69, 9.17) is 10.00 Å². The summed E-state index contributed by atoms with van der Waals surface area (Å²) in [5, 5.41) is 28.0. The van der Waals surface area contributed by atoms with Crippen LogP contribution in [0.2, 0.25) is 0 Å². The lowest BCUT2D eigenvalue weighted by atomic mass is 9.95. The number of phenolic OH excluding ortho intramolecular Hbond substituents is 1. The molecule has 16 heavy (non-hydrogen) atoms. The van der Waals surface area contributed by atoms with Gasteiger partial charge in [-0.05, 0) is 23.6 Å². The van der Waals surface area contributed by atoms with Gasteiger partial charge in [0.15, 0.2) is 11.5 Å². The lowest BCUT2D eigenvalue weighted by molar-refractivity contribution is 0.119. The number of phenols is 1. The third-order valence-electron chi connectivity index (χ3n) is 2.50. The quantitative estimate of drug-likeness (QED) is 0.815. The summed E-state index contributed by atoms with van der Waals surface area (Å²) in [6.45, 7) is 1.79. The molecule has 86 valence electrons. The van der Waals surface area contributed by atoms with Gasteiger partial charge in [-0.25, -0.2) is 0 Å². The van der Waals surface area contributed by atoms with Gasteiger partial charge in [0.2, 0.25) is 0 Å². The van der Waals surface area contributed by atoms with E-state index in [-0.39, 0.29) is 18.1 Å². The number of aliphatic hydroxyl groups excluding tert-OH is 1. The van der Waals surface area contributed by atoms with Gasteiger partial charge in [-0.1, -0.05) is 13.0 Å². The fourth-order valence-electron chi connectivity index (χ4n) is 1.48. The highest BCUT2D eigenvalue weighted by molar-refractivity contribution is 5.42. The molecule has 0 aliphatic heterocycles. The van der Waals surface area contributed by atoms with Crippen LogP contribution in [0.1, 0.15) is 25.0 Å². The van der Waals surface area contributed by atoms with Gasteiger partial charge in [-0.3, -0.25) is 0 Å².